The van der Waals surface area contributed by atoms with Gasteiger partial charge < -0.3 is 10.1 Å². The molecule has 0 radical (unpaired) electrons. The van der Waals surface area contributed by atoms with Crippen molar-refractivity contribution in [2.45, 2.75) is 25.3 Å². The molecule has 1 rings (SSSR count). The summed E-state index contributed by atoms with van der Waals surface area (Å²) < 4.78 is 5.59. The highest BCUT2D eigenvalue weighted by molar-refractivity contribution is 6.30. The summed E-state index contributed by atoms with van der Waals surface area (Å²) in [5.74, 6) is 0.619. The molecule has 0 aliphatic carbocycles. The monoisotopic (exact) mass is 241 g/mol. The van der Waals surface area contributed by atoms with Crippen molar-refractivity contribution >= 4 is 17.5 Å². The van der Waals surface area contributed by atoms with Crippen LogP contribution in [0.1, 0.15) is 13.8 Å². The molecule has 2 unspecified atom stereocenters. The molecule has 1 aromatic rings. The van der Waals surface area contributed by atoms with Crippen LogP contribution in [0.4, 0.5) is 0 Å². The number of alkyl halides is 1. The van der Waals surface area contributed by atoms with Gasteiger partial charge in [0.2, 0.25) is 5.91 Å². The zero-order chi connectivity index (χ0) is 12.0. The van der Waals surface area contributed by atoms with Gasteiger partial charge in [-0.05, 0) is 26.0 Å². The van der Waals surface area contributed by atoms with E-state index in [0.717, 1.165) is 5.75 Å². The smallest absolute Gasteiger partial charge is 0.237 e. The number of halogens is 1. The van der Waals surface area contributed by atoms with Gasteiger partial charge in [-0.1, -0.05) is 18.2 Å². The number of nitrogens with one attached hydrogen (secondary N) is 1. The summed E-state index contributed by atoms with van der Waals surface area (Å²) in [7, 11) is 0. The largest absolute Gasteiger partial charge is 0.489 e. The first-order valence-electron chi connectivity index (χ1n) is 5.23. The van der Waals surface area contributed by atoms with Crippen molar-refractivity contribution in [3.63, 3.8) is 0 Å². The number of benzene rings is 1. The van der Waals surface area contributed by atoms with Crippen LogP contribution >= 0.6 is 11.6 Å². The van der Waals surface area contributed by atoms with Crippen LogP contribution in [-0.4, -0.2) is 23.9 Å². The fourth-order valence-corrected chi connectivity index (χ4v) is 1.24. The van der Waals surface area contributed by atoms with E-state index in [1.54, 1.807) is 6.92 Å². The van der Waals surface area contributed by atoms with E-state index in [9.17, 15) is 4.79 Å². The molecule has 0 saturated carbocycles. The first kappa shape index (κ1) is 12.8. The molecule has 2 atom stereocenters. The topological polar surface area (TPSA) is 38.3 Å². The molecule has 1 aromatic carbocycles. The summed E-state index contributed by atoms with van der Waals surface area (Å²) >= 11 is 5.62. The van der Waals surface area contributed by atoms with E-state index >= 15 is 0 Å². The van der Waals surface area contributed by atoms with Crippen LogP contribution in [0.15, 0.2) is 30.3 Å². The number of amides is 1. The van der Waals surface area contributed by atoms with Gasteiger partial charge in [0.25, 0.3) is 0 Å². The maximum atomic E-state index is 11.2. The summed E-state index contributed by atoms with van der Waals surface area (Å²) in [6.45, 7) is 3.98. The average molecular weight is 242 g/mol. The normalized spacial score (nSPS) is 13.9. The number of ether oxygens (including phenoxy) is 1. The molecule has 0 aromatic heterocycles. The molecule has 88 valence electrons. The standard InChI is InChI=1S/C12H16ClNO2/c1-9(8-14-12(15)10(2)13)16-11-6-4-3-5-7-11/h3-7,9-10H,8H2,1-2H3,(H,14,15). The minimum Gasteiger partial charge on any atom is -0.489 e. The van der Waals surface area contributed by atoms with Crippen LogP contribution in [-0.2, 0) is 4.79 Å². The van der Waals surface area contributed by atoms with Crippen LogP contribution in [0.3, 0.4) is 0 Å². The molecule has 1 amide bonds. The molecule has 0 spiro atoms. The second-order valence-corrected chi connectivity index (χ2v) is 4.26. The number of rotatable bonds is 5. The van der Waals surface area contributed by atoms with Crippen LogP contribution in [0, 0.1) is 0 Å². The van der Waals surface area contributed by atoms with Gasteiger partial charge >= 0.3 is 0 Å². The van der Waals surface area contributed by atoms with Gasteiger partial charge in [0.15, 0.2) is 0 Å². The third kappa shape index (κ3) is 4.53. The van der Waals surface area contributed by atoms with Crippen molar-refractivity contribution in [2.75, 3.05) is 6.54 Å². The zero-order valence-electron chi connectivity index (χ0n) is 9.44. The highest BCUT2D eigenvalue weighted by Gasteiger charge is 2.10. The molecule has 0 saturated heterocycles. The molecular formula is C12H16ClNO2. The Morgan fingerprint density at radius 1 is 1.38 bits per heavy atom. The highest BCUT2D eigenvalue weighted by atomic mass is 35.5. The SMILES string of the molecule is CC(CNC(=O)C(C)Cl)Oc1ccccc1. The van der Waals surface area contributed by atoms with Gasteiger partial charge in [-0.25, -0.2) is 0 Å². The van der Waals surface area contributed by atoms with Gasteiger partial charge in [0, 0.05) is 0 Å². The Balaban J connectivity index is 2.31. The summed E-state index contributed by atoms with van der Waals surface area (Å²) in [5.41, 5.74) is 0. The van der Waals surface area contributed by atoms with Gasteiger partial charge in [-0.3, -0.25) is 4.79 Å². The van der Waals surface area contributed by atoms with Gasteiger partial charge in [-0.2, -0.15) is 0 Å². The Labute approximate surface area is 101 Å². The quantitative estimate of drug-likeness (QED) is 0.803. The second-order valence-electron chi connectivity index (χ2n) is 3.60. The minimum absolute atomic E-state index is 0.0817. The molecule has 0 bridgehead atoms. The number of para-hydroxylation sites is 1. The Kier molecular flexibility index (Phi) is 5.12. The Morgan fingerprint density at radius 2 is 2.00 bits per heavy atom. The lowest BCUT2D eigenvalue weighted by molar-refractivity contribution is -0.120. The van der Waals surface area contributed by atoms with Crippen LogP contribution < -0.4 is 10.1 Å². The molecule has 4 heteroatoms. The molecule has 3 nitrogen and oxygen atoms in total. The fraction of sp³-hybridized carbons (Fsp3) is 0.417. The molecular weight excluding hydrogens is 226 g/mol. The molecule has 0 aliphatic rings. The van der Waals surface area contributed by atoms with Gasteiger partial charge in [0.1, 0.15) is 17.2 Å². The lowest BCUT2D eigenvalue weighted by atomic mass is 10.3. The van der Waals surface area contributed by atoms with Crippen molar-refractivity contribution in [2.24, 2.45) is 0 Å². The maximum Gasteiger partial charge on any atom is 0.237 e. The summed E-state index contributed by atoms with van der Waals surface area (Å²) in [5, 5.41) is 2.20. The van der Waals surface area contributed by atoms with E-state index in [1.807, 2.05) is 37.3 Å². The number of hydrogen-bond donors (Lipinski definition) is 1. The number of carbonyl (C=O) groups excluding carboxylic acids is 1. The van der Waals surface area contributed by atoms with Gasteiger partial charge in [0.05, 0.1) is 6.54 Å². The predicted octanol–water partition coefficient (Wildman–Crippen LogP) is 2.20. The number of carbonyl (C=O) groups is 1. The fourth-order valence-electron chi connectivity index (χ4n) is 1.16. The zero-order valence-corrected chi connectivity index (χ0v) is 10.2. The van der Waals surface area contributed by atoms with Crippen molar-refractivity contribution in [3.8, 4) is 5.75 Å². The van der Waals surface area contributed by atoms with Crippen LogP contribution in [0.2, 0.25) is 0 Å². The molecule has 0 aliphatic heterocycles. The van der Waals surface area contributed by atoms with E-state index < -0.39 is 5.38 Å². The minimum atomic E-state index is -0.510. The van der Waals surface area contributed by atoms with E-state index in [2.05, 4.69) is 5.32 Å². The number of hydrogen-bond acceptors (Lipinski definition) is 2. The first-order chi connectivity index (χ1) is 7.59. The van der Waals surface area contributed by atoms with E-state index in [1.165, 1.54) is 0 Å². The van der Waals surface area contributed by atoms with E-state index in [0.29, 0.717) is 6.54 Å². The first-order valence-corrected chi connectivity index (χ1v) is 5.66. The molecule has 0 fully saturated rings. The third-order valence-corrected chi connectivity index (χ3v) is 2.20. The van der Waals surface area contributed by atoms with Crippen molar-refractivity contribution in [1.82, 2.24) is 5.32 Å². The third-order valence-electron chi connectivity index (χ3n) is 2.01. The molecule has 1 N–H and O–H groups in total. The van der Waals surface area contributed by atoms with E-state index in [-0.39, 0.29) is 12.0 Å². The average Bonchev–Trinajstić information content (AvgIpc) is 2.27. The molecule has 16 heavy (non-hydrogen) atoms. The summed E-state index contributed by atoms with van der Waals surface area (Å²) in [6, 6.07) is 9.49. The lowest BCUT2D eigenvalue weighted by Crippen LogP contribution is -2.36. The second kappa shape index (κ2) is 6.38. The van der Waals surface area contributed by atoms with Gasteiger partial charge in [-0.15, -0.1) is 11.6 Å². The van der Waals surface area contributed by atoms with E-state index in [4.69, 9.17) is 16.3 Å². The Morgan fingerprint density at radius 3 is 2.56 bits per heavy atom. The summed E-state index contributed by atoms with van der Waals surface area (Å²) in [6.07, 6.45) is -0.0817. The maximum absolute atomic E-state index is 11.2. The van der Waals surface area contributed by atoms with Crippen LogP contribution in [0.25, 0.3) is 0 Å². The van der Waals surface area contributed by atoms with Crippen molar-refractivity contribution < 1.29 is 9.53 Å². The molecule has 0 heterocycles. The highest BCUT2D eigenvalue weighted by Crippen LogP contribution is 2.10. The Bertz CT molecular complexity index is 327. The van der Waals surface area contributed by atoms with Crippen molar-refractivity contribution in [3.05, 3.63) is 30.3 Å². The summed E-state index contributed by atoms with van der Waals surface area (Å²) in [4.78, 5) is 11.2. The predicted molar refractivity (Wildman–Crippen MR) is 64.9 cm³/mol. The Hall–Kier alpha value is -1.22. The van der Waals surface area contributed by atoms with Crippen molar-refractivity contribution in [1.29, 1.82) is 0 Å². The van der Waals surface area contributed by atoms with Crippen LogP contribution in [0.5, 0.6) is 5.75 Å². The lowest BCUT2D eigenvalue weighted by Gasteiger charge is -2.15.